The summed E-state index contributed by atoms with van der Waals surface area (Å²) in [6, 6.07) is -0.580. The van der Waals surface area contributed by atoms with E-state index in [-0.39, 0.29) is 41.8 Å². The summed E-state index contributed by atoms with van der Waals surface area (Å²) in [5, 5.41) is 12.2. The van der Waals surface area contributed by atoms with Gasteiger partial charge in [0.1, 0.15) is 0 Å². The van der Waals surface area contributed by atoms with Crippen LogP contribution in [0, 0.1) is 17.8 Å². The van der Waals surface area contributed by atoms with Crippen LogP contribution in [0.25, 0.3) is 0 Å². The Hall–Kier alpha value is -1.19. The highest BCUT2D eigenvalue weighted by Gasteiger charge is 2.60. The molecule has 0 radical (unpaired) electrons. The Kier molecular flexibility index (Phi) is 3.85. The summed E-state index contributed by atoms with van der Waals surface area (Å²) in [5.41, 5.74) is 0. The number of carbonyl (C=O) groups excluding carboxylic acids is 1. The molecular weight excluding hydrogens is 334 g/mol. The Morgan fingerprint density at radius 2 is 1.75 bits per heavy atom. The first-order valence-electron chi connectivity index (χ1n) is 8.55. The maximum Gasteiger partial charge on any atom is 0.304 e. The Labute approximate surface area is 141 Å². The van der Waals surface area contributed by atoms with Gasteiger partial charge in [-0.05, 0) is 24.9 Å². The van der Waals surface area contributed by atoms with Crippen LogP contribution < -0.4 is 5.32 Å². The molecule has 0 aromatic rings. The van der Waals surface area contributed by atoms with E-state index in [1.54, 1.807) is 4.90 Å². The molecule has 3 saturated heterocycles. The van der Waals surface area contributed by atoms with E-state index in [4.69, 9.17) is 5.11 Å². The van der Waals surface area contributed by atoms with Gasteiger partial charge in [0, 0.05) is 31.6 Å². The quantitative estimate of drug-likeness (QED) is 0.613. The van der Waals surface area contributed by atoms with Crippen molar-refractivity contribution in [1.29, 1.82) is 0 Å². The van der Waals surface area contributed by atoms with Crippen molar-refractivity contribution in [3.8, 4) is 0 Å². The molecule has 0 aromatic heterocycles. The number of carboxylic acid groups (broad SMARTS) is 1. The minimum atomic E-state index is -3.19. The number of hydrogen-bond acceptors (Lipinski definition) is 6. The highest BCUT2D eigenvalue weighted by Crippen LogP contribution is 2.50. The molecule has 9 heteroatoms. The molecule has 3 aliphatic heterocycles. The van der Waals surface area contributed by atoms with Gasteiger partial charge in [0.2, 0.25) is 5.91 Å². The third-order valence-electron chi connectivity index (χ3n) is 6.06. The van der Waals surface area contributed by atoms with Crippen LogP contribution in [0.2, 0.25) is 0 Å². The molecular formula is C15H23N3O5S. The van der Waals surface area contributed by atoms with Gasteiger partial charge in [-0.1, -0.05) is 0 Å². The van der Waals surface area contributed by atoms with Crippen LogP contribution in [-0.2, 0) is 19.4 Å². The first kappa shape index (κ1) is 16.3. The Morgan fingerprint density at radius 1 is 1.08 bits per heavy atom. The fourth-order valence-corrected chi connectivity index (χ4v) is 6.80. The highest BCUT2D eigenvalue weighted by atomic mass is 32.2. The molecule has 4 aliphatic rings. The topological polar surface area (TPSA) is 107 Å². The van der Waals surface area contributed by atoms with E-state index in [0.717, 1.165) is 13.1 Å². The number of hydrogen-bond donors (Lipinski definition) is 2. The largest absolute Gasteiger partial charge is 0.481 e. The molecule has 2 N–H and O–H groups in total. The Balaban J connectivity index is 1.49. The average molecular weight is 357 g/mol. The van der Waals surface area contributed by atoms with Crippen LogP contribution in [-0.4, -0.2) is 91.5 Å². The smallest absolute Gasteiger partial charge is 0.304 e. The molecule has 3 heterocycles. The number of carbonyl (C=O) groups is 2. The summed E-state index contributed by atoms with van der Waals surface area (Å²) < 4.78 is 24.3. The number of rotatable bonds is 4. The lowest BCUT2D eigenvalue weighted by atomic mass is 10.0. The lowest BCUT2D eigenvalue weighted by molar-refractivity contribution is -0.141. The number of carboxylic acids is 1. The minimum absolute atomic E-state index is 0.00431. The molecule has 4 rings (SSSR count). The molecule has 4 fully saturated rings. The van der Waals surface area contributed by atoms with E-state index >= 15 is 0 Å². The van der Waals surface area contributed by atoms with Crippen molar-refractivity contribution >= 4 is 21.7 Å². The first-order chi connectivity index (χ1) is 11.4. The van der Waals surface area contributed by atoms with Gasteiger partial charge in [0.05, 0.1) is 24.0 Å². The van der Waals surface area contributed by atoms with Gasteiger partial charge in [-0.3, -0.25) is 14.5 Å². The molecule has 5 atom stereocenters. The molecule has 134 valence electrons. The van der Waals surface area contributed by atoms with Crippen molar-refractivity contribution in [3.63, 3.8) is 0 Å². The lowest BCUT2D eigenvalue weighted by Gasteiger charge is -2.44. The average Bonchev–Trinajstić information content (AvgIpc) is 2.84. The van der Waals surface area contributed by atoms with Crippen molar-refractivity contribution in [2.45, 2.75) is 18.5 Å². The van der Waals surface area contributed by atoms with Crippen LogP contribution in [0.1, 0.15) is 6.42 Å². The van der Waals surface area contributed by atoms with Crippen molar-refractivity contribution < 1.29 is 23.1 Å². The maximum absolute atomic E-state index is 12.9. The first-order valence-corrected chi connectivity index (χ1v) is 10.4. The van der Waals surface area contributed by atoms with Gasteiger partial charge >= 0.3 is 5.97 Å². The van der Waals surface area contributed by atoms with E-state index in [0.29, 0.717) is 31.5 Å². The second-order valence-electron chi connectivity index (χ2n) is 7.43. The highest BCUT2D eigenvalue weighted by molar-refractivity contribution is 7.91. The summed E-state index contributed by atoms with van der Waals surface area (Å²) in [6.07, 6.45) is -0.00431. The number of fused-ring (bicyclic) bond motifs is 2. The monoisotopic (exact) mass is 357 g/mol. The number of amides is 1. The number of nitrogens with one attached hydrogen (secondary N) is 1. The molecule has 8 nitrogen and oxygen atoms in total. The fraction of sp³-hybridized carbons (Fsp3) is 0.867. The zero-order valence-corrected chi connectivity index (χ0v) is 14.2. The summed E-state index contributed by atoms with van der Waals surface area (Å²) in [5.74, 6) is 0.146. The molecule has 1 aliphatic carbocycles. The Bertz CT molecular complexity index is 656. The maximum atomic E-state index is 12.9. The summed E-state index contributed by atoms with van der Waals surface area (Å²) in [6.45, 7) is 3.15. The third-order valence-corrected chi connectivity index (χ3v) is 7.76. The van der Waals surface area contributed by atoms with Gasteiger partial charge < -0.3 is 15.3 Å². The van der Waals surface area contributed by atoms with Gasteiger partial charge in [-0.25, -0.2) is 8.42 Å². The number of sulfone groups is 1. The van der Waals surface area contributed by atoms with Gasteiger partial charge in [-0.2, -0.15) is 0 Å². The van der Waals surface area contributed by atoms with Crippen molar-refractivity contribution in [2.24, 2.45) is 17.8 Å². The van der Waals surface area contributed by atoms with Crippen molar-refractivity contribution in [2.75, 3.05) is 44.2 Å². The lowest BCUT2D eigenvalue weighted by Crippen LogP contribution is -2.61. The van der Waals surface area contributed by atoms with E-state index in [2.05, 4.69) is 5.32 Å². The standard InChI is InChI=1S/C15H23N3O5S/c19-13(20)1-2-17-3-4-18(12-8-24(22,23)7-11(12)17)15(21)14-9-5-16-6-10(9)14/h9-12,14,16H,1-8H2,(H,19,20)/t9-,10+,11-,12+,14?/m0/s1. The molecule has 0 aromatic carbocycles. The van der Waals surface area contributed by atoms with Crippen molar-refractivity contribution in [1.82, 2.24) is 15.1 Å². The number of nitrogens with zero attached hydrogens (tertiary/aromatic N) is 2. The van der Waals surface area contributed by atoms with Crippen molar-refractivity contribution in [3.05, 3.63) is 0 Å². The summed E-state index contributed by atoms with van der Waals surface area (Å²) in [4.78, 5) is 27.5. The number of piperazine rings is 1. The zero-order chi connectivity index (χ0) is 17.1. The van der Waals surface area contributed by atoms with E-state index in [1.807, 2.05) is 4.90 Å². The van der Waals surface area contributed by atoms with Gasteiger partial charge in [0.15, 0.2) is 9.84 Å². The summed E-state index contributed by atoms with van der Waals surface area (Å²) in [7, 11) is -3.19. The third kappa shape index (κ3) is 2.72. The number of aliphatic carboxylic acids is 1. The normalized spacial score (nSPS) is 40.2. The molecule has 0 spiro atoms. The van der Waals surface area contributed by atoms with Crippen LogP contribution in [0.4, 0.5) is 0 Å². The predicted molar refractivity (Wildman–Crippen MR) is 85.1 cm³/mol. The second-order valence-corrected chi connectivity index (χ2v) is 9.59. The SMILES string of the molecule is O=C(O)CCN1CCN(C(=O)C2[C@H]3CNC[C@@H]23)[C@@H]2CS(=O)(=O)C[C@@H]21. The molecule has 1 amide bonds. The zero-order valence-electron chi connectivity index (χ0n) is 13.4. The van der Waals surface area contributed by atoms with E-state index < -0.39 is 15.8 Å². The van der Waals surface area contributed by atoms with Crippen LogP contribution in [0.15, 0.2) is 0 Å². The summed E-state index contributed by atoms with van der Waals surface area (Å²) >= 11 is 0. The Morgan fingerprint density at radius 3 is 2.42 bits per heavy atom. The van der Waals surface area contributed by atoms with E-state index in [1.165, 1.54) is 0 Å². The van der Waals surface area contributed by atoms with Crippen LogP contribution in [0.3, 0.4) is 0 Å². The molecule has 0 bridgehead atoms. The van der Waals surface area contributed by atoms with Gasteiger partial charge in [-0.15, -0.1) is 0 Å². The molecule has 1 unspecified atom stereocenters. The minimum Gasteiger partial charge on any atom is -0.481 e. The molecule has 1 saturated carbocycles. The van der Waals surface area contributed by atoms with Crippen LogP contribution in [0.5, 0.6) is 0 Å². The van der Waals surface area contributed by atoms with E-state index in [9.17, 15) is 18.0 Å². The van der Waals surface area contributed by atoms with Crippen LogP contribution >= 0.6 is 0 Å². The van der Waals surface area contributed by atoms with Gasteiger partial charge in [0.25, 0.3) is 0 Å². The molecule has 24 heavy (non-hydrogen) atoms. The predicted octanol–water partition coefficient (Wildman–Crippen LogP) is -1.76. The second kappa shape index (κ2) is 5.67. The fourth-order valence-electron chi connectivity index (χ4n) is 4.79. The number of piperidine rings is 1.